The minimum absolute atomic E-state index is 0. The molecule has 0 spiro atoms. The number of carbonyl (C=O) groups excluding carboxylic acids is 1. The lowest BCUT2D eigenvalue weighted by Gasteiger charge is -2.53. The number of benzene rings is 2. The maximum Gasteiger partial charge on any atom is 0.323 e. The summed E-state index contributed by atoms with van der Waals surface area (Å²) in [6, 6.07) is 20.8. The maximum absolute atomic E-state index is 13.5. The van der Waals surface area contributed by atoms with Gasteiger partial charge in [-0.3, -0.25) is 19.6 Å². The van der Waals surface area contributed by atoms with E-state index in [1.807, 2.05) is 24.0 Å². The number of amides is 1. The van der Waals surface area contributed by atoms with Crippen molar-refractivity contribution in [2.45, 2.75) is 37.9 Å². The lowest BCUT2D eigenvalue weighted by molar-refractivity contribution is -0.0293. The van der Waals surface area contributed by atoms with Crippen LogP contribution in [0.5, 0.6) is 17.8 Å². The van der Waals surface area contributed by atoms with Gasteiger partial charge in [-0.2, -0.15) is 9.97 Å². The molecule has 2 atom stereocenters. The van der Waals surface area contributed by atoms with Gasteiger partial charge in [0.1, 0.15) is 5.69 Å². The smallest absolute Gasteiger partial charge is 0.323 e. The zero-order valence-electron chi connectivity index (χ0n) is 27.8. The minimum Gasteiger partial charge on any atom is -0.481 e. The molecule has 2 aromatic heterocycles. The van der Waals surface area contributed by atoms with E-state index in [1.54, 1.807) is 6.20 Å². The maximum atomic E-state index is 13.5. The van der Waals surface area contributed by atoms with E-state index in [2.05, 4.69) is 78.3 Å². The van der Waals surface area contributed by atoms with Crippen molar-refractivity contribution in [1.82, 2.24) is 34.6 Å². The highest BCUT2D eigenvalue weighted by atomic mass is 35.5. The quantitative estimate of drug-likeness (QED) is 0.198. The Balaban J connectivity index is 0.00000281. The molecule has 0 bridgehead atoms. The fourth-order valence-corrected chi connectivity index (χ4v) is 6.76. The Kier molecular flexibility index (Phi) is 14.0. The molecule has 4 heterocycles. The molecule has 268 valence electrons. The molecule has 50 heavy (non-hydrogen) atoms. The van der Waals surface area contributed by atoms with E-state index in [9.17, 15) is 13.6 Å². The van der Waals surface area contributed by atoms with E-state index >= 15 is 0 Å². The van der Waals surface area contributed by atoms with Crippen LogP contribution in [0.1, 0.15) is 40.0 Å². The van der Waals surface area contributed by atoms with Crippen molar-refractivity contribution in [2.24, 2.45) is 0 Å². The van der Waals surface area contributed by atoms with Crippen LogP contribution in [0.3, 0.4) is 0 Å². The normalized spacial score (nSPS) is 17.8. The molecule has 1 amide bonds. The van der Waals surface area contributed by atoms with Crippen LogP contribution in [0.2, 0.25) is 0 Å². The van der Waals surface area contributed by atoms with Crippen LogP contribution in [0.15, 0.2) is 79.3 Å². The molecule has 2 aliphatic rings. The van der Waals surface area contributed by atoms with Crippen molar-refractivity contribution in [3.63, 3.8) is 0 Å². The van der Waals surface area contributed by atoms with Crippen molar-refractivity contribution in [3.05, 3.63) is 102 Å². The first kappa shape index (κ1) is 38.6. The molecule has 0 radical (unpaired) electrons. The largest absolute Gasteiger partial charge is 0.481 e. The van der Waals surface area contributed by atoms with Gasteiger partial charge in [0.2, 0.25) is 11.8 Å². The zero-order valence-corrected chi connectivity index (χ0v) is 29.4. The van der Waals surface area contributed by atoms with Crippen molar-refractivity contribution in [1.29, 1.82) is 0 Å². The Hall–Kier alpha value is -4.17. The number of halogens is 4. The first-order valence-electron chi connectivity index (χ1n) is 16.1. The summed E-state index contributed by atoms with van der Waals surface area (Å²) in [5.74, 6) is 0.308. The van der Waals surface area contributed by atoms with Crippen LogP contribution in [0.25, 0.3) is 0 Å². The van der Waals surface area contributed by atoms with E-state index in [1.165, 1.54) is 30.6 Å². The van der Waals surface area contributed by atoms with Gasteiger partial charge in [0.05, 0.1) is 25.5 Å². The highest BCUT2D eigenvalue weighted by Crippen LogP contribution is 2.37. The average Bonchev–Trinajstić information content (AvgIpc) is 3.12. The Labute approximate surface area is 302 Å². The van der Waals surface area contributed by atoms with Crippen molar-refractivity contribution >= 4 is 30.7 Å². The van der Waals surface area contributed by atoms with E-state index in [4.69, 9.17) is 14.2 Å². The highest BCUT2D eigenvalue weighted by molar-refractivity contribution is 5.92. The molecule has 2 saturated heterocycles. The third-order valence-corrected chi connectivity index (χ3v) is 8.75. The third kappa shape index (κ3) is 8.94. The lowest BCUT2D eigenvalue weighted by Crippen LogP contribution is -2.67. The molecule has 11 nitrogen and oxygen atoms in total. The Morgan fingerprint density at radius 1 is 0.900 bits per heavy atom. The Morgan fingerprint density at radius 2 is 1.58 bits per heavy atom. The van der Waals surface area contributed by atoms with E-state index in [0.717, 1.165) is 0 Å². The number of hydrogen-bond donors (Lipinski definition) is 0. The molecule has 15 heteroatoms. The summed E-state index contributed by atoms with van der Waals surface area (Å²) in [6.07, 6.45) is 1.90. The van der Waals surface area contributed by atoms with Gasteiger partial charge in [-0.05, 0) is 18.1 Å². The molecule has 0 unspecified atom stereocenters. The van der Waals surface area contributed by atoms with Crippen LogP contribution >= 0.6 is 24.8 Å². The van der Waals surface area contributed by atoms with Crippen molar-refractivity contribution in [3.8, 4) is 17.8 Å². The van der Waals surface area contributed by atoms with Crippen LogP contribution in [0.4, 0.5) is 8.78 Å². The second kappa shape index (κ2) is 18.2. The standard InChI is InChI=1S/C35H39F2N7O4.2ClH/c1-3-47-33-27(32(46-2)40-35(41-33)48-23-30(36)37)21-42-19-26-20-43(34(45)28-18-38-14-15-39-28)16-17-44(26)29(22-42)31(24-10-6-4-7-11-24)25-12-8-5-9-13-25;;/h4-15,18,26,29-31H,3,16-17,19-23H2,1-2H3;2*1H/t26-,29+;;/m1../s1. The predicted octanol–water partition coefficient (Wildman–Crippen LogP) is 5.00. The summed E-state index contributed by atoms with van der Waals surface area (Å²) < 4.78 is 42.5. The number of alkyl halides is 2. The number of carbonyl (C=O) groups is 1. The highest BCUT2D eigenvalue weighted by Gasteiger charge is 2.43. The van der Waals surface area contributed by atoms with Gasteiger partial charge in [-0.1, -0.05) is 60.7 Å². The molecule has 0 aliphatic carbocycles. The minimum atomic E-state index is -2.68. The molecule has 4 aromatic rings. The van der Waals surface area contributed by atoms with E-state index in [-0.39, 0.29) is 66.5 Å². The number of piperazine rings is 2. The van der Waals surface area contributed by atoms with Gasteiger partial charge in [-0.15, -0.1) is 24.8 Å². The molecule has 6 rings (SSSR count). The van der Waals surface area contributed by atoms with Gasteiger partial charge >= 0.3 is 6.01 Å². The van der Waals surface area contributed by atoms with Crippen LogP contribution in [-0.4, -0.2) is 112 Å². The molecule has 0 saturated carbocycles. The van der Waals surface area contributed by atoms with Gasteiger partial charge in [-0.25, -0.2) is 13.8 Å². The number of fused-ring (bicyclic) bond motifs is 1. The number of aromatic nitrogens is 4. The van der Waals surface area contributed by atoms with Crippen LogP contribution in [-0.2, 0) is 6.54 Å². The topological polar surface area (TPSA) is 106 Å². The number of hydrogen-bond acceptors (Lipinski definition) is 10. The van der Waals surface area contributed by atoms with Crippen molar-refractivity contribution in [2.75, 3.05) is 53.0 Å². The van der Waals surface area contributed by atoms with E-state index in [0.29, 0.717) is 57.1 Å². The van der Waals surface area contributed by atoms with Crippen LogP contribution < -0.4 is 14.2 Å². The lowest BCUT2D eigenvalue weighted by atomic mass is 9.81. The first-order valence-corrected chi connectivity index (χ1v) is 16.1. The fourth-order valence-electron chi connectivity index (χ4n) is 6.76. The molecular weight excluding hydrogens is 691 g/mol. The van der Waals surface area contributed by atoms with E-state index < -0.39 is 13.0 Å². The molecule has 2 aliphatic heterocycles. The second-order valence-corrected chi connectivity index (χ2v) is 11.7. The third-order valence-electron chi connectivity index (χ3n) is 8.75. The average molecular weight is 733 g/mol. The SMILES string of the molecule is CCOc1nc(OCC(F)F)nc(OC)c1CN1C[C@@H]2CN(C(=O)c3cnccn3)CCN2[C@H](C(c2ccccc2)c2ccccc2)C1.Cl.Cl. The van der Waals surface area contributed by atoms with Gasteiger partial charge in [0.25, 0.3) is 12.3 Å². The van der Waals surface area contributed by atoms with Crippen molar-refractivity contribution < 1.29 is 27.8 Å². The molecule has 2 fully saturated rings. The number of ether oxygens (including phenoxy) is 3. The molecule has 2 aromatic carbocycles. The van der Waals surface area contributed by atoms with Gasteiger partial charge in [0, 0.05) is 69.7 Å². The molecular formula is C35H41Cl2F2N7O4. The monoisotopic (exact) mass is 731 g/mol. The summed E-state index contributed by atoms with van der Waals surface area (Å²) in [7, 11) is 1.47. The number of rotatable bonds is 12. The summed E-state index contributed by atoms with van der Waals surface area (Å²) in [6.45, 7) is 4.72. The second-order valence-electron chi connectivity index (χ2n) is 11.7. The Morgan fingerprint density at radius 3 is 2.18 bits per heavy atom. The van der Waals surface area contributed by atoms with Gasteiger partial charge < -0.3 is 19.1 Å². The zero-order chi connectivity index (χ0) is 33.5. The number of nitrogens with zero attached hydrogens (tertiary/aromatic N) is 7. The van der Waals surface area contributed by atoms with Crippen LogP contribution in [0, 0.1) is 0 Å². The summed E-state index contributed by atoms with van der Waals surface area (Å²) >= 11 is 0. The first-order chi connectivity index (χ1) is 23.4. The summed E-state index contributed by atoms with van der Waals surface area (Å²) in [5.41, 5.74) is 3.31. The number of methoxy groups -OCH3 is 1. The predicted molar refractivity (Wildman–Crippen MR) is 188 cm³/mol. The summed E-state index contributed by atoms with van der Waals surface area (Å²) in [4.78, 5) is 37.2. The van der Waals surface area contributed by atoms with Gasteiger partial charge in [0.15, 0.2) is 6.61 Å². The fraction of sp³-hybridized carbons (Fsp3) is 0.400. The molecule has 0 N–H and O–H groups in total. The summed E-state index contributed by atoms with van der Waals surface area (Å²) in [5, 5.41) is 0. The Bertz CT molecular complexity index is 1610.